The van der Waals surface area contributed by atoms with Crippen molar-refractivity contribution in [3.63, 3.8) is 0 Å². The van der Waals surface area contributed by atoms with Crippen molar-refractivity contribution in [3.05, 3.63) is 18.2 Å². The monoisotopic (exact) mass is 344 g/mol. The lowest BCUT2D eigenvalue weighted by molar-refractivity contribution is -0.121. The van der Waals surface area contributed by atoms with E-state index in [0.29, 0.717) is 23.6 Å². The quantitative estimate of drug-likeness (QED) is 0.732. The van der Waals surface area contributed by atoms with E-state index in [0.717, 1.165) is 12.7 Å². The highest BCUT2D eigenvalue weighted by Gasteiger charge is 2.19. The minimum atomic E-state index is -3.49. The minimum Gasteiger partial charge on any atom is -0.493 e. The van der Waals surface area contributed by atoms with E-state index in [-0.39, 0.29) is 19.0 Å². The number of hydrogen-bond acceptors (Lipinski definition) is 5. The fourth-order valence-corrected chi connectivity index (χ4v) is 3.00. The van der Waals surface area contributed by atoms with E-state index in [1.54, 1.807) is 18.2 Å². The molecule has 1 N–H and O–H groups in total. The lowest BCUT2D eigenvalue weighted by Crippen LogP contribution is -2.38. The van der Waals surface area contributed by atoms with Crippen molar-refractivity contribution >= 4 is 21.6 Å². The molecule has 0 saturated carbocycles. The molecule has 0 bridgehead atoms. The molecule has 0 radical (unpaired) electrons. The second kappa shape index (κ2) is 8.61. The summed E-state index contributed by atoms with van der Waals surface area (Å²) in [6, 6.07) is 4.87. The summed E-state index contributed by atoms with van der Waals surface area (Å²) in [4.78, 5) is 11.5. The number of sulfonamides is 1. The summed E-state index contributed by atoms with van der Waals surface area (Å²) in [7, 11) is -0.495. The predicted molar refractivity (Wildman–Crippen MR) is 89.7 cm³/mol. The van der Waals surface area contributed by atoms with Crippen molar-refractivity contribution in [1.82, 2.24) is 5.32 Å². The number of carbonyl (C=O) groups is 1. The molecule has 0 fully saturated rings. The van der Waals surface area contributed by atoms with Crippen molar-refractivity contribution in [2.24, 2.45) is 0 Å². The Labute approximate surface area is 137 Å². The van der Waals surface area contributed by atoms with Crippen LogP contribution in [0.5, 0.6) is 11.5 Å². The molecule has 1 rings (SSSR count). The Kier molecular flexibility index (Phi) is 7.15. The SMILES string of the molecule is CCCC(=O)NCCN(c1ccc(OC)c(OC)c1)S(C)(=O)=O. The molecule has 1 aromatic carbocycles. The third-order valence-corrected chi connectivity index (χ3v) is 4.36. The Morgan fingerprint density at radius 3 is 2.39 bits per heavy atom. The van der Waals surface area contributed by atoms with Gasteiger partial charge >= 0.3 is 0 Å². The molecule has 1 amide bonds. The molecule has 0 spiro atoms. The molecular weight excluding hydrogens is 320 g/mol. The Bertz CT molecular complexity index is 631. The van der Waals surface area contributed by atoms with Crippen LogP contribution in [0.4, 0.5) is 5.69 Å². The first-order valence-corrected chi connectivity index (χ1v) is 9.14. The Morgan fingerprint density at radius 2 is 1.87 bits per heavy atom. The van der Waals surface area contributed by atoms with Crippen LogP contribution in [0.3, 0.4) is 0 Å². The van der Waals surface area contributed by atoms with E-state index in [1.807, 2.05) is 6.92 Å². The maximum atomic E-state index is 12.0. The first-order valence-electron chi connectivity index (χ1n) is 7.30. The lowest BCUT2D eigenvalue weighted by atomic mass is 10.2. The molecule has 0 atom stereocenters. The number of ether oxygens (including phenoxy) is 2. The summed E-state index contributed by atoms with van der Waals surface area (Å²) in [6.45, 7) is 2.29. The van der Waals surface area contributed by atoms with Gasteiger partial charge in [-0.3, -0.25) is 9.10 Å². The van der Waals surface area contributed by atoms with E-state index in [9.17, 15) is 13.2 Å². The normalized spacial score (nSPS) is 11.0. The molecule has 1 aromatic rings. The van der Waals surface area contributed by atoms with Gasteiger partial charge in [0, 0.05) is 19.0 Å². The largest absolute Gasteiger partial charge is 0.493 e. The summed E-state index contributed by atoms with van der Waals surface area (Å²) in [6.07, 6.45) is 2.30. The highest BCUT2D eigenvalue weighted by atomic mass is 32.2. The molecule has 0 aliphatic heterocycles. The number of amides is 1. The lowest BCUT2D eigenvalue weighted by Gasteiger charge is -2.23. The van der Waals surface area contributed by atoms with Crippen molar-refractivity contribution in [3.8, 4) is 11.5 Å². The van der Waals surface area contributed by atoms with Gasteiger partial charge in [0.25, 0.3) is 0 Å². The van der Waals surface area contributed by atoms with Gasteiger partial charge in [0.2, 0.25) is 15.9 Å². The highest BCUT2D eigenvalue weighted by Crippen LogP contribution is 2.32. The van der Waals surface area contributed by atoms with Gasteiger partial charge in [0.1, 0.15) is 0 Å². The molecule has 0 aliphatic carbocycles. The van der Waals surface area contributed by atoms with E-state index in [2.05, 4.69) is 5.32 Å². The average Bonchev–Trinajstić information content (AvgIpc) is 2.50. The smallest absolute Gasteiger partial charge is 0.232 e. The second-order valence-corrected chi connectivity index (χ2v) is 6.88. The Hall–Kier alpha value is -1.96. The van der Waals surface area contributed by atoms with Crippen LogP contribution in [0.2, 0.25) is 0 Å². The average molecular weight is 344 g/mol. The standard InChI is InChI=1S/C15H24N2O5S/c1-5-6-15(18)16-9-10-17(23(4,19)20)12-7-8-13(21-2)14(11-12)22-3/h7-8,11H,5-6,9-10H2,1-4H3,(H,16,18). The van der Waals surface area contributed by atoms with Crippen LogP contribution in [0.25, 0.3) is 0 Å². The van der Waals surface area contributed by atoms with Gasteiger partial charge in [-0.2, -0.15) is 0 Å². The van der Waals surface area contributed by atoms with Crippen LogP contribution in [0.15, 0.2) is 18.2 Å². The molecule has 0 heterocycles. The summed E-state index contributed by atoms with van der Waals surface area (Å²) in [5, 5.41) is 2.71. The van der Waals surface area contributed by atoms with Gasteiger partial charge in [-0.1, -0.05) is 6.92 Å². The number of benzene rings is 1. The molecule has 130 valence electrons. The number of nitrogens with zero attached hydrogens (tertiary/aromatic N) is 1. The molecule has 0 aromatic heterocycles. The van der Waals surface area contributed by atoms with Crippen LogP contribution < -0.4 is 19.1 Å². The summed E-state index contributed by atoms with van der Waals surface area (Å²) < 4.78 is 35.6. The third-order valence-electron chi connectivity index (χ3n) is 3.17. The van der Waals surface area contributed by atoms with Crippen LogP contribution in [-0.2, 0) is 14.8 Å². The van der Waals surface area contributed by atoms with Crippen LogP contribution in [0, 0.1) is 0 Å². The number of anilines is 1. The fourth-order valence-electron chi connectivity index (χ4n) is 2.08. The fraction of sp³-hybridized carbons (Fsp3) is 0.533. The first kappa shape index (κ1) is 19.1. The van der Waals surface area contributed by atoms with E-state index >= 15 is 0 Å². The maximum absolute atomic E-state index is 12.0. The molecule has 0 saturated heterocycles. The van der Waals surface area contributed by atoms with Gasteiger partial charge in [0.15, 0.2) is 11.5 Å². The molecule has 0 aliphatic rings. The topological polar surface area (TPSA) is 84.9 Å². The zero-order chi connectivity index (χ0) is 17.5. The molecule has 0 unspecified atom stereocenters. The van der Waals surface area contributed by atoms with Crippen molar-refractivity contribution in [2.45, 2.75) is 19.8 Å². The molecular formula is C15H24N2O5S. The van der Waals surface area contributed by atoms with E-state index in [4.69, 9.17) is 9.47 Å². The number of rotatable bonds is 9. The zero-order valence-corrected chi connectivity index (χ0v) is 14.8. The van der Waals surface area contributed by atoms with Gasteiger partial charge in [0.05, 0.1) is 32.7 Å². The number of methoxy groups -OCH3 is 2. The van der Waals surface area contributed by atoms with Gasteiger partial charge in [-0.15, -0.1) is 0 Å². The number of carbonyl (C=O) groups excluding carboxylic acids is 1. The number of hydrogen-bond donors (Lipinski definition) is 1. The van der Waals surface area contributed by atoms with Crippen molar-refractivity contribution < 1.29 is 22.7 Å². The highest BCUT2D eigenvalue weighted by molar-refractivity contribution is 7.92. The van der Waals surface area contributed by atoms with Crippen molar-refractivity contribution in [2.75, 3.05) is 37.9 Å². The van der Waals surface area contributed by atoms with Gasteiger partial charge < -0.3 is 14.8 Å². The Balaban J connectivity index is 2.93. The maximum Gasteiger partial charge on any atom is 0.232 e. The van der Waals surface area contributed by atoms with E-state index in [1.165, 1.54) is 18.5 Å². The second-order valence-electron chi connectivity index (χ2n) is 4.97. The molecule has 8 heteroatoms. The van der Waals surface area contributed by atoms with Crippen LogP contribution >= 0.6 is 0 Å². The summed E-state index contributed by atoms with van der Waals surface area (Å²) >= 11 is 0. The van der Waals surface area contributed by atoms with Crippen molar-refractivity contribution in [1.29, 1.82) is 0 Å². The molecule has 23 heavy (non-hydrogen) atoms. The van der Waals surface area contributed by atoms with Gasteiger partial charge in [-0.25, -0.2) is 8.42 Å². The van der Waals surface area contributed by atoms with Crippen LogP contribution in [-0.4, -0.2) is 47.9 Å². The predicted octanol–water partition coefficient (Wildman–Crippen LogP) is 1.39. The molecule has 7 nitrogen and oxygen atoms in total. The van der Waals surface area contributed by atoms with Gasteiger partial charge in [-0.05, 0) is 18.6 Å². The first-order chi connectivity index (χ1) is 10.8. The number of nitrogens with one attached hydrogen (secondary N) is 1. The van der Waals surface area contributed by atoms with Crippen LogP contribution in [0.1, 0.15) is 19.8 Å². The zero-order valence-electron chi connectivity index (χ0n) is 14.0. The third kappa shape index (κ3) is 5.63. The summed E-state index contributed by atoms with van der Waals surface area (Å²) in [5.41, 5.74) is 0.454. The van der Waals surface area contributed by atoms with E-state index < -0.39 is 10.0 Å². The summed E-state index contributed by atoms with van der Waals surface area (Å²) in [5.74, 6) is 0.864. The Morgan fingerprint density at radius 1 is 1.22 bits per heavy atom. The minimum absolute atomic E-state index is 0.0896.